The van der Waals surface area contributed by atoms with Gasteiger partial charge in [0.2, 0.25) is 5.88 Å². The zero-order valence-electron chi connectivity index (χ0n) is 13.8. The number of hydrogen-bond donors (Lipinski definition) is 1. The van der Waals surface area contributed by atoms with E-state index in [1.165, 1.54) is 5.56 Å². The SMILES string of the molecule is CN1C(=O)c2cccn2-c2cc(-c3ccnc(O)c3)ccc2C12CC2. The number of hydrogen-bond acceptors (Lipinski definition) is 3. The van der Waals surface area contributed by atoms with Gasteiger partial charge in [0.25, 0.3) is 5.91 Å². The van der Waals surface area contributed by atoms with Crippen LogP contribution in [0.4, 0.5) is 0 Å². The molecule has 2 aliphatic rings. The summed E-state index contributed by atoms with van der Waals surface area (Å²) in [6.07, 6.45) is 5.51. The van der Waals surface area contributed by atoms with Crippen molar-refractivity contribution in [2.24, 2.45) is 0 Å². The molecule has 0 bridgehead atoms. The summed E-state index contributed by atoms with van der Waals surface area (Å²) < 4.78 is 1.98. The number of carbonyl (C=O) groups excluding carboxylic acids is 1. The molecule has 0 saturated heterocycles. The first kappa shape index (κ1) is 14.3. The number of benzene rings is 1. The van der Waals surface area contributed by atoms with Crippen LogP contribution >= 0.6 is 0 Å². The predicted molar refractivity (Wildman–Crippen MR) is 93.7 cm³/mol. The quantitative estimate of drug-likeness (QED) is 0.744. The van der Waals surface area contributed by atoms with Crippen LogP contribution in [-0.2, 0) is 5.54 Å². The number of aromatic hydroxyl groups is 1. The Morgan fingerprint density at radius 3 is 2.68 bits per heavy atom. The van der Waals surface area contributed by atoms with Gasteiger partial charge in [-0.3, -0.25) is 4.79 Å². The van der Waals surface area contributed by atoms with E-state index in [9.17, 15) is 9.90 Å². The van der Waals surface area contributed by atoms with E-state index >= 15 is 0 Å². The second-order valence-electron chi connectivity index (χ2n) is 6.79. The molecule has 5 rings (SSSR count). The molecule has 5 heteroatoms. The highest BCUT2D eigenvalue weighted by Crippen LogP contribution is 2.54. The van der Waals surface area contributed by atoms with Crippen LogP contribution in [0.2, 0.25) is 0 Å². The Kier molecular flexibility index (Phi) is 2.70. The fourth-order valence-electron chi connectivity index (χ4n) is 3.94. The monoisotopic (exact) mass is 331 g/mol. The average molecular weight is 331 g/mol. The number of amides is 1. The van der Waals surface area contributed by atoms with Gasteiger partial charge in [-0.15, -0.1) is 0 Å². The molecule has 1 spiro atoms. The van der Waals surface area contributed by atoms with Crippen LogP contribution < -0.4 is 0 Å². The third-order valence-corrected chi connectivity index (χ3v) is 5.48. The predicted octanol–water partition coefficient (Wildman–Crippen LogP) is 3.32. The minimum atomic E-state index is -0.190. The summed E-state index contributed by atoms with van der Waals surface area (Å²) in [4.78, 5) is 18.6. The zero-order valence-corrected chi connectivity index (χ0v) is 13.8. The molecule has 0 atom stereocenters. The van der Waals surface area contributed by atoms with E-state index in [-0.39, 0.29) is 17.3 Å². The smallest absolute Gasteiger partial charge is 0.271 e. The third kappa shape index (κ3) is 1.89. The molecule has 1 amide bonds. The van der Waals surface area contributed by atoms with Gasteiger partial charge < -0.3 is 14.6 Å². The molecule has 3 aromatic rings. The number of carbonyl (C=O) groups is 1. The molecule has 5 nitrogen and oxygen atoms in total. The molecule has 1 saturated carbocycles. The number of aromatic nitrogens is 2. The molecule has 124 valence electrons. The lowest BCUT2D eigenvalue weighted by atomic mass is 9.97. The maximum atomic E-state index is 12.9. The normalized spacial score (nSPS) is 17.2. The molecule has 1 aromatic carbocycles. The van der Waals surface area contributed by atoms with Crippen molar-refractivity contribution in [3.8, 4) is 22.7 Å². The molecule has 25 heavy (non-hydrogen) atoms. The van der Waals surface area contributed by atoms with Crippen LogP contribution in [0, 0.1) is 0 Å². The lowest BCUT2D eigenvalue weighted by Crippen LogP contribution is -2.36. The van der Waals surface area contributed by atoms with Gasteiger partial charge in [0.1, 0.15) is 5.69 Å². The van der Waals surface area contributed by atoms with Crippen LogP contribution in [0.1, 0.15) is 28.9 Å². The summed E-state index contributed by atoms with van der Waals surface area (Å²) in [5.41, 5.74) is 4.60. The largest absolute Gasteiger partial charge is 0.493 e. The highest BCUT2D eigenvalue weighted by Gasteiger charge is 2.53. The number of fused-ring (bicyclic) bond motifs is 4. The van der Waals surface area contributed by atoms with Crippen molar-refractivity contribution in [3.63, 3.8) is 0 Å². The zero-order chi connectivity index (χ0) is 17.2. The van der Waals surface area contributed by atoms with Gasteiger partial charge in [-0.1, -0.05) is 12.1 Å². The molecule has 3 heterocycles. The van der Waals surface area contributed by atoms with Crippen molar-refractivity contribution in [3.05, 3.63) is 66.1 Å². The standard InChI is InChI=1S/C20H17N3O2/c1-22-19(25)16-3-2-10-23(16)17-11-13(14-6-9-21-18(24)12-14)4-5-15(17)20(22)7-8-20/h2-6,9-12H,7-8H2,1H3,(H,21,24). The Bertz CT molecular complexity index is 1020. The van der Waals surface area contributed by atoms with Gasteiger partial charge in [0.15, 0.2) is 0 Å². The third-order valence-electron chi connectivity index (χ3n) is 5.48. The topological polar surface area (TPSA) is 58.4 Å². The summed E-state index contributed by atoms with van der Waals surface area (Å²) in [6, 6.07) is 13.6. The van der Waals surface area contributed by atoms with Crippen molar-refractivity contribution in [2.75, 3.05) is 7.05 Å². The van der Waals surface area contributed by atoms with Gasteiger partial charge in [0, 0.05) is 31.1 Å². The minimum absolute atomic E-state index is 0.00247. The van der Waals surface area contributed by atoms with Crippen LogP contribution in [0.5, 0.6) is 5.88 Å². The van der Waals surface area contributed by atoms with Crippen LogP contribution in [0.3, 0.4) is 0 Å². The summed E-state index contributed by atoms with van der Waals surface area (Å²) in [5, 5.41) is 9.68. The van der Waals surface area contributed by atoms with Crippen LogP contribution in [-0.4, -0.2) is 32.5 Å². The van der Waals surface area contributed by atoms with Gasteiger partial charge >= 0.3 is 0 Å². The van der Waals surface area contributed by atoms with E-state index in [1.807, 2.05) is 40.9 Å². The number of rotatable bonds is 1. The first-order chi connectivity index (χ1) is 12.1. The Balaban J connectivity index is 1.77. The Morgan fingerprint density at radius 2 is 1.92 bits per heavy atom. The van der Waals surface area contributed by atoms with E-state index in [4.69, 9.17) is 0 Å². The summed E-state index contributed by atoms with van der Waals surface area (Å²) in [5.74, 6) is 0.0597. The van der Waals surface area contributed by atoms with Gasteiger partial charge in [-0.25, -0.2) is 4.98 Å². The minimum Gasteiger partial charge on any atom is -0.493 e. The molecule has 1 N–H and O–H groups in total. The molecule has 0 unspecified atom stereocenters. The summed E-state index contributed by atoms with van der Waals surface area (Å²) in [7, 11) is 1.90. The molecular formula is C20H17N3O2. The number of nitrogens with zero attached hydrogens (tertiary/aromatic N) is 3. The van der Waals surface area contributed by atoms with Crippen LogP contribution in [0.15, 0.2) is 54.9 Å². The molecule has 0 radical (unpaired) electrons. The van der Waals surface area contributed by atoms with Crippen molar-refractivity contribution in [2.45, 2.75) is 18.4 Å². The Labute approximate surface area is 145 Å². The van der Waals surface area contributed by atoms with Crippen molar-refractivity contribution in [1.29, 1.82) is 0 Å². The Morgan fingerprint density at radius 1 is 1.12 bits per heavy atom. The molecular weight excluding hydrogens is 314 g/mol. The van der Waals surface area contributed by atoms with Crippen molar-refractivity contribution >= 4 is 5.91 Å². The van der Waals surface area contributed by atoms with Crippen molar-refractivity contribution in [1.82, 2.24) is 14.5 Å². The van der Waals surface area contributed by atoms with E-state index in [0.717, 1.165) is 29.7 Å². The highest BCUT2D eigenvalue weighted by atomic mass is 16.3. The molecule has 2 aromatic heterocycles. The first-order valence-corrected chi connectivity index (χ1v) is 8.36. The maximum Gasteiger partial charge on any atom is 0.271 e. The average Bonchev–Trinajstić information content (AvgIpc) is 3.30. The van der Waals surface area contributed by atoms with Gasteiger partial charge in [-0.05, 0) is 48.2 Å². The molecule has 1 fully saturated rings. The second-order valence-corrected chi connectivity index (χ2v) is 6.79. The fraction of sp³-hybridized carbons (Fsp3) is 0.200. The molecule has 1 aliphatic carbocycles. The van der Waals surface area contributed by atoms with E-state index in [2.05, 4.69) is 23.2 Å². The van der Waals surface area contributed by atoms with Crippen LogP contribution in [0.25, 0.3) is 16.8 Å². The lowest BCUT2D eigenvalue weighted by molar-refractivity contribution is 0.0705. The fourth-order valence-corrected chi connectivity index (χ4v) is 3.94. The van der Waals surface area contributed by atoms with E-state index in [1.54, 1.807) is 12.3 Å². The highest BCUT2D eigenvalue weighted by molar-refractivity contribution is 5.95. The lowest BCUT2D eigenvalue weighted by Gasteiger charge is -2.27. The second kappa shape index (κ2) is 4.72. The van der Waals surface area contributed by atoms with Gasteiger partial charge in [0.05, 0.1) is 11.2 Å². The molecule has 1 aliphatic heterocycles. The summed E-state index contributed by atoms with van der Waals surface area (Å²) >= 11 is 0. The maximum absolute atomic E-state index is 12.9. The van der Waals surface area contributed by atoms with Gasteiger partial charge in [-0.2, -0.15) is 0 Å². The van der Waals surface area contributed by atoms with E-state index in [0.29, 0.717) is 5.69 Å². The summed E-state index contributed by atoms with van der Waals surface area (Å²) in [6.45, 7) is 0. The Hall–Kier alpha value is -3.08. The first-order valence-electron chi connectivity index (χ1n) is 8.36. The van der Waals surface area contributed by atoms with Crippen molar-refractivity contribution < 1.29 is 9.90 Å². The van der Waals surface area contributed by atoms with E-state index < -0.39 is 0 Å². The number of pyridine rings is 1.